The molecule has 0 radical (unpaired) electrons. The highest BCUT2D eigenvalue weighted by molar-refractivity contribution is 6.13. The van der Waals surface area contributed by atoms with Gasteiger partial charge in [-0.3, -0.25) is 4.99 Å². The number of benzene rings is 2. The van der Waals surface area contributed by atoms with Crippen LogP contribution < -0.4 is 5.32 Å². The zero-order valence-corrected chi connectivity index (χ0v) is 25.2. The molecule has 0 aromatic heterocycles. The van der Waals surface area contributed by atoms with E-state index in [1.165, 1.54) is 7.11 Å². The normalized spacial score (nSPS) is 15.7. The van der Waals surface area contributed by atoms with E-state index < -0.39 is 35.3 Å². The highest BCUT2D eigenvalue weighted by Gasteiger charge is 2.40. The van der Waals surface area contributed by atoms with Crippen LogP contribution in [-0.4, -0.2) is 72.3 Å². The first-order valence-electron chi connectivity index (χ1n) is 14.0. The molecule has 222 valence electrons. The SMILES string of the molecule is COC(=O)[C@@H](N=C(c1ccccc1)c1ccccc1)[C@H](NC(=O)OC(C)(C)C)C1CCN(C(=O)OC(C)(C)C)CC1. The number of hydrogen-bond acceptors (Lipinski definition) is 7. The van der Waals surface area contributed by atoms with Crippen molar-refractivity contribution in [1.29, 1.82) is 0 Å². The molecule has 0 saturated carbocycles. The van der Waals surface area contributed by atoms with Crippen molar-refractivity contribution in [2.75, 3.05) is 20.2 Å². The molecular formula is C32H43N3O6. The third-order valence-corrected chi connectivity index (χ3v) is 6.53. The van der Waals surface area contributed by atoms with Crippen LogP contribution in [0.25, 0.3) is 0 Å². The van der Waals surface area contributed by atoms with Gasteiger partial charge in [0.25, 0.3) is 0 Å². The van der Waals surface area contributed by atoms with Crippen molar-refractivity contribution in [2.24, 2.45) is 10.9 Å². The third kappa shape index (κ3) is 9.62. The average molecular weight is 566 g/mol. The first-order valence-corrected chi connectivity index (χ1v) is 14.0. The topological polar surface area (TPSA) is 107 Å². The molecule has 0 aliphatic carbocycles. The van der Waals surface area contributed by atoms with Gasteiger partial charge in [0.15, 0.2) is 6.04 Å². The number of hydrogen-bond donors (Lipinski definition) is 1. The number of esters is 1. The van der Waals surface area contributed by atoms with Crippen LogP contribution in [0.15, 0.2) is 65.7 Å². The fourth-order valence-electron chi connectivity index (χ4n) is 4.71. The molecule has 1 N–H and O–H groups in total. The van der Waals surface area contributed by atoms with Gasteiger partial charge in [-0.2, -0.15) is 0 Å². The number of carbonyl (C=O) groups is 3. The summed E-state index contributed by atoms with van der Waals surface area (Å²) >= 11 is 0. The highest BCUT2D eigenvalue weighted by atomic mass is 16.6. The summed E-state index contributed by atoms with van der Waals surface area (Å²) < 4.78 is 16.4. The summed E-state index contributed by atoms with van der Waals surface area (Å²) in [6, 6.07) is 17.3. The molecule has 1 heterocycles. The number of carbonyl (C=O) groups excluding carboxylic acids is 3. The van der Waals surface area contributed by atoms with E-state index in [-0.39, 0.29) is 12.0 Å². The fourth-order valence-corrected chi connectivity index (χ4v) is 4.71. The van der Waals surface area contributed by atoms with E-state index in [0.717, 1.165) is 11.1 Å². The number of piperidine rings is 1. The molecule has 1 saturated heterocycles. The molecule has 0 spiro atoms. The van der Waals surface area contributed by atoms with E-state index >= 15 is 0 Å². The van der Waals surface area contributed by atoms with Crippen LogP contribution in [0.1, 0.15) is 65.5 Å². The van der Waals surface area contributed by atoms with E-state index in [1.54, 1.807) is 25.7 Å². The van der Waals surface area contributed by atoms with Crippen LogP contribution in [0.5, 0.6) is 0 Å². The Balaban J connectivity index is 2.01. The summed E-state index contributed by atoms with van der Waals surface area (Å²) in [6.07, 6.45) is 0.0106. The lowest BCUT2D eigenvalue weighted by Crippen LogP contribution is -2.55. The van der Waals surface area contributed by atoms with Gasteiger partial charge in [-0.05, 0) is 60.3 Å². The lowest BCUT2D eigenvalue weighted by Gasteiger charge is -2.38. The molecule has 1 aliphatic rings. The second-order valence-corrected chi connectivity index (χ2v) is 12.2. The first-order chi connectivity index (χ1) is 19.3. The minimum Gasteiger partial charge on any atom is -0.467 e. The lowest BCUT2D eigenvalue weighted by molar-refractivity contribution is -0.143. The number of alkyl carbamates (subject to hydrolysis) is 1. The number of nitrogens with zero attached hydrogens (tertiary/aromatic N) is 2. The van der Waals surface area contributed by atoms with Gasteiger partial charge in [0.2, 0.25) is 0 Å². The van der Waals surface area contributed by atoms with Gasteiger partial charge < -0.3 is 24.4 Å². The van der Waals surface area contributed by atoms with Crippen molar-refractivity contribution >= 4 is 23.9 Å². The minimum atomic E-state index is -1.07. The molecule has 1 fully saturated rings. The highest BCUT2D eigenvalue weighted by Crippen LogP contribution is 2.27. The number of nitrogens with one attached hydrogen (secondary N) is 1. The summed E-state index contributed by atoms with van der Waals surface area (Å²) in [5.41, 5.74) is 0.901. The van der Waals surface area contributed by atoms with E-state index in [4.69, 9.17) is 19.2 Å². The number of aliphatic imine (C=N–C) groups is 1. The zero-order valence-electron chi connectivity index (χ0n) is 25.2. The van der Waals surface area contributed by atoms with E-state index in [2.05, 4.69) is 5.32 Å². The molecule has 41 heavy (non-hydrogen) atoms. The molecule has 2 aromatic carbocycles. The number of likely N-dealkylation sites (tertiary alicyclic amines) is 1. The quantitative estimate of drug-likeness (QED) is 0.266. The Kier molecular flexibility index (Phi) is 10.5. The minimum absolute atomic E-state index is 0.193. The summed E-state index contributed by atoms with van der Waals surface area (Å²) in [5, 5.41) is 2.95. The van der Waals surface area contributed by atoms with Gasteiger partial charge in [0, 0.05) is 24.2 Å². The Bertz CT molecular complexity index is 1150. The predicted octanol–water partition coefficient (Wildman–Crippen LogP) is 5.61. The molecule has 0 unspecified atom stereocenters. The molecule has 9 nitrogen and oxygen atoms in total. The van der Waals surface area contributed by atoms with Gasteiger partial charge in [0.05, 0.1) is 18.9 Å². The Hall–Kier alpha value is -3.88. The number of methoxy groups -OCH3 is 1. The largest absolute Gasteiger partial charge is 0.467 e. The molecule has 0 bridgehead atoms. The van der Waals surface area contributed by atoms with Crippen LogP contribution in [0.3, 0.4) is 0 Å². The van der Waals surface area contributed by atoms with Gasteiger partial charge in [-0.1, -0.05) is 60.7 Å². The molecule has 1 aliphatic heterocycles. The molecular weight excluding hydrogens is 522 g/mol. The molecule has 2 amide bonds. The van der Waals surface area contributed by atoms with Crippen LogP contribution in [0.2, 0.25) is 0 Å². The average Bonchev–Trinajstić information content (AvgIpc) is 2.91. The van der Waals surface area contributed by atoms with Crippen LogP contribution in [0.4, 0.5) is 9.59 Å². The Morgan fingerprint density at radius 3 is 1.76 bits per heavy atom. The van der Waals surface area contributed by atoms with E-state index in [9.17, 15) is 14.4 Å². The second-order valence-electron chi connectivity index (χ2n) is 12.2. The van der Waals surface area contributed by atoms with Gasteiger partial charge in [0.1, 0.15) is 11.2 Å². The van der Waals surface area contributed by atoms with Crippen molar-refractivity contribution in [3.63, 3.8) is 0 Å². The maximum absolute atomic E-state index is 13.4. The van der Waals surface area contributed by atoms with Crippen molar-refractivity contribution in [3.8, 4) is 0 Å². The van der Waals surface area contributed by atoms with Gasteiger partial charge >= 0.3 is 18.2 Å². The number of rotatable bonds is 7. The second kappa shape index (κ2) is 13.7. The maximum atomic E-state index is 13.4. The van der Waals surface area contributed by atoms with Crippen LogP contribution in [0, 0.1) is 5.92 Å². The Labute approximate surface area is 243 Å². The first kappa shape index (κ1) is 31.6. The van der Waals surface area contributed by atoms with Crippen LogP contribution in [-0.2, 0) is 19.0 Å². The molecule has 2 aromatic rings. The van der Waals surface area contributed by atoms with E-state index in [0.29, 0.717) is 31.6 Å². The Morgan fingerprint density at radius 2 is 1.32 bits per heavy atom. The van der Waals surface area contributed by atoms with Crippen molar-refractivity contribution < 1.29 is 28.6 Å². The third-order valence-electron chi connectivity index (χ3n) is 6.53. The smallest absolute Gasteiger partial charge is 0.410 e. The number of amides is 2. The zero-order chi connectivity index (χ0) is 30.2. The summed E-state index contributed by atoms with van der Waals surface area (Å²) in [6.45, 7) is 11.6. The lowest BCUT2D eigenvalue weighted by atomic mass is 9.85. The van der Waals surface area contributed by atoms with Gasteiger partial charge in [-0.15, -0.1) is 0 Å². The van der Waals surface area contributed by atoms with Gasteiger partial charge in [-0.25, -0.2) is 14.4 Å². The predicted molar refractivity (Wildman–Crippen MR) is 158 cm³/mol. The summed E-state index contributed by atoms with van der Waals surface area (Å²) in [7, 11) is 1.31. The fraction of sp³-hybridized carbons (Fsp3) is 0.500. The Morgan fingerprint density at radius 1 is 0.829 bits per heavy atom. The summed E-state index contributed by atoms with van der Waals surface area (Å²) in [4.78, 5) is 45.8. The van der Waals surface area contributed by atoms with E-state index in [1.807, 2.05) is 81.4 Å². The van der Waals surface area contributed by atoms with Crippen molar-refractivity contribution in [3.05, 3.63) is 71.8 Å². The summed E-state index contributed by atoms with van der Waals surface area (Å²) in [5.74, 6) is -0.771. The number of ether oxygens (including phenoxy) is 3. The monoisotopic (exact) mass is 565 g/mol. The molecule has 9 heteroatoms. The molecule has 2 atom stereocenters. The molecule has 3 rings (SSSR count). The standard InChI is InChI=1S/C32H43N3O6/c1-31(2,3)40-29(37)34-26(24-18-20-35(21-19-24)30(38)41-32(4,5)6)27(28(36)39-7)33-25(22-14-10-8-11-15-22)23-16-12-9-13-17-23/h8-17,24,26-27H,18-21H2,1-7H3,(H,34,37)/t26-,27+/m1/s1. The maximum Gasteiger partial charge on any atom is 0.410 e. The van der Waals surface area contributed by atoms with Crippen molar-refractivity contribution in [1.82, 2.24) is 10.2 Å². The van der Waals surface area contributed by atoms with Crippen molar-refractivity contribution in [2.45, 2.75) is 77.7 Å². The van der Waals surface area contributed by atoms with Crippen LogP contribution >= 0.6 is 0 Å².